The quantitative estimate of drug-likeness (QED) is 0.651. The Morgan fingerprint density at radius 1 is 1.03 bits per heavy atom. The largest absolute Gasteiger partial charge is 0.381 e. The highest BCUT2D eigenvalue weighted by atomic mass is 19.1. The van der Waals surface area contributed by atoms with Crippen LogP contribution in [0.25, 0.3) is 11.3 Å². The SMILES string of the molecule is O=C1CN(Cc2ccc(-c3ccc(F)c(CNC4CCOCC4)n3)cc2)C(=O)N1C1CCC1. The summed E-state index contributed by atoms with van der Waals surface area (Å²) in [6.07, 6.45) is 4.75. The number of halogens is 1. The number of hydrogen-bond acceptors (Lipinski definition) is 5. The number of nitrogens with one attached hydrogen (secondary N) is 1. The molecule has 2 saturated heterocycles. The van der Waals surface area contributed by atoms with Crippen LogP contribution in [0.3, 0.4) is 0 Å². The molecule has 1 N–H and O–H groups in total. The summed E-state index contributed by atoms with van der Waals surface area (Å²) in [5.41, 5.74) is 2.93. The fourth-order valence-electron chi connectivity index (χ4n) is 4.61. The van der Waals surface area contributed by atoms with E-state index in [0.717, 1.165) is 56.4 Å². The van der Waals surface area contributed by atoms with Gasteiger partial charge in [-0.1, -0.05) is 24.3 Å². The lowest BCUT2D eigenvalue weighted by Gasteiger charge is -2.32. The predicted molar refractivity (Wildman–Crippen MR) is 121 cm³/mol. The van der Waals surface area contributed by atoms with Crippen molar-refractivity contribution in [2.45, 2.75) is 57.3 Å². The smallest absolute Gasteiger partial charge is 0.327 e. The molecule has 0 radical (unpaired) electrons. The Hall–Kier alpha value is -2.84. The minimum absolute atomic E-state index is 0.0806. The lowest BCUT2D eigenvalue weighted by molar-refractivity contribution is -0.128. The average Bonchev–Trinajstić information content (AvgIpc) is 3.06. The first-order chi connectivity index (χ1) is 16.1. The molecule has 1 aliphatic carbocycles. The van der Waals surface area contributed by atoms with Crippen molar-refractivity contribution in [1.29, 1.82) is 0 Å². The van der Waals surface area contributed by atoms with Crippen LogP contribution < -0.4 is 5.32 Å². The number of ether oxygens (including phenoxy) is 1. The summed E-state index contributed by atoms with van der Waals surface area (Å²) >= 11 is 0. The van der Waals surface area contributed by atoms with Crippen LogP contribution >= 0.6 is 0 Å². The molecule has 3 aliphatic rings. The van der Waals surface area contributed by atoms with Crippen LogP contribution in [0, 0.1) is 5.82 Å². The first-order valence-corrected chi connectivity index (χ1v) is 11.8. The van der Waals surface area contributed by atoms with E-state index >= 15 is 0 Å². The molecule has 7 nitrogen and oxygen atoms in total. The van der Waals surface area contributed by atoms with Crippen LogP contribution in [0.5, 0.6) is 0 Å². The van der Waals surface area contributed by atoms with Gasteiger partial charge in [0.2, 0.25) is 0 Å². The monoisotopic (exact) mass is 452 g/mol. The van der Waals surface area contributed by atoms with Crippen molar-refractivity contribution in [1.82, 2.24) is 20.1 Å². The molecule has 1 saturated carbocycles. The summed E-state index contributed by atoms with van der Waals surface area (Å²) in [6, 6.07) is 11.1. The summed E-state index contributed by atoms with van der Waals surface area (Å²) in [4.78, 5) is 32.5. The van der Waals surface area contributed by atoms with Crippen molar-refractivity contribution in [3.8, 4) is 11.3 Å². The molecule has 1 aromatic heterocycles. The zero-order chi connectivity index (χ0) is 22.8. The Balaban J connectivity index is 1.23. The van der Waals surface area contributed by atoms with Gasteiger partial charge >= 0.3 is 6.03 Å². The van der Waals surface area contributed by atoms with Crippen molar-refractivity contribution in [3.63, 3.8) is 0 Å². The fourth-order valence-corrected chi connectivity index (χ4v) is 4.61. The van der Waals surface area contributed by atoms with Crippen LogP contribution in [-0.4, -0.2) is 58.6 Å². The summed E-state index contributed by atoms with van der Waals surface area (Å²) in [5, 5.41) is 3.38. The second-order valence-electron chi connectivity index (χ2n) is 9.08. The number of rotatable bonds is 7. The number of hydrogen-bond donors (Lipinski definition) is 1. The molecule has 0 unspecified atom stereocenters. The van der Waals surface area contributed by atoms with Gasteiger partial charge in [-0.05, 0) is 49.8 Å². The van der Waals surface area contributed by atoms with E-state index < -0.39 is 0 Å². The van der Waals surface area contributed by atoms with Gasteiger partial charge in [-0.3, -0.25) is 9.69 Å². The molecular weight excluding hydrogens is 423 g/mol. The van der Waals surface area contributed by atoms with E-state index in [9.17, 15) is 14.0 Å². The number of amides is 3. The van der Waals surface area contributed by atoms with E-state index in [0.29, 0.717) is 30.5 Å². The van der Waals surface area contributed by atoms with Crippen molar-refractivity contribution in [3.05, 3.63) is 53.5 Å². The Bertz CT molecular complexity index is 1020. The van der Waals surface area contributed by atoms with Gasteiger partial charge in [0.15, 0.2) is 0 Å². The molecule has 5 rings (SSSR count). The van der Waals surface area contributed by atoms with E-state index in [2.05, 4.69) is 10.3 Å². The molecule has 33 heavy (non-hydrogen) atoms. The van der Waals surface area contributed by atoms with E-state index in [1.165, 1.54) is 11.0 Å². The summed E-state index contributed by atoms with van der Waals surface area (Å²) in [6.45, 7) is 2.38. The number of carbonyl (C=O) groups is 2. The summed E-state index contributed by atoms with van der Waals surface area (Å²) < 4.78 is 19.7. The van der Waals surface area contributed by atoms with Crippen LogP contribution in [0.2, 0.25) is 0 Å². The fraction of sp³-hybridized carbons (Fsp3) is 0.480. The van der Waals surface area contributed by atoms with Crippen molar-refractivity contribution >= 4 is 11.9 Å². The Morgan fingerprint density at radius 3 is 2.48 bits per heavy atom. The molecule has 2 aromatic rings. The van der Waals surface area contributed by atoms with E-state index in [-0.39, 0.29) is 30.3 Å². The second-order valence-corrected chi connectivity index (χ2v) is 9.08. The maximum Gasteiger partial charge on any atom is 0.327 e. The number of benzene rings is 1. The third-order valence-electron chi connectivity index (χ3n) is 6.83. The Labute approximate surface area is 192 Å². The third kappa shape index (κ3) is 4.77. The minimum atomic E-state index is -0.317. The number of nitrogens with zero attached hydrogens (tertiary/aromatic N) is 3. The molecule has 174 valence electrons. The highest BCUT2D eigenvalue weighted by Gasteiger charge is 2.42. The molecule has 3 fully saturated rings. The number of pyridine rings is 1. The van der Waals surface area contributed by atoms with E-state index in [1.807, 2.05) is 24.3 Å². The van der Waals surface area contributed by atoms with Gasteiger partial charge < -0.3 is 15.0 Å². The van der Waals surface area contributed by atoms with E-state index in [4.69, 9.17) is 4.74 Å². The molecule has 3 heterocycles. The van der Waals surface area contributed by atoms with Crippen molar-refractivity contribution in [2.24, 2.45) is 0 Å². The molecule has 8 heteroatoms. The first kappa shape index (κ1) is 22.0. The molecule has 0 atom stereocenters. The molecule has 3 amide bonds. The summed E-state index contributed by atoms with van der Waals surface area (Å²) in [7, 11) is 0. The summed E-state index contributed by atoms with van der Waals surface area (Å²) in [5.74, 6) is -0.415. The van der Waals surface area contributed by atoms with Crippen molar-refractivity contribution < 1.29 is 18.7 Å². The normalized spacial score (nSPS) is 19.9. The number of carbonyl (C=O) groups excluding carboxylic acids is 2. The number of aromatic nitrogens is 1. The van der Waals surface area contributed by atoms with Gasteiger partial charge in [-0.25, -0.2) is 14.2 Å². The molecule has 0 spiro atoms. The van der Waals surface area contributed by atoms with Crippen LogP contribution in [0.4, 0.5) is 9.18 Å². The molecule has 2 aliphatic heterocycles. The topological polar surface area (TPSA) is 74.8 Å². The maximum atomic E-state index is 14.3. The zero-order valence-corrected chi connectivity index (χ0v) is 18.6. The van der Waals surface area contributed by atoms with Crippen LogP contribution in [-0.2, 0) is 22.6 Å². The van der Waals surface area contributed by atoms with Crippen LogP contribution in [0.15, 0.2) is 36.4 Å². The van der Waals surface area contributed by atoms with Gasteiger partial charge in [0.1, 0.15) is 12.4 Å². The lowest BCUT2D eigenvalue weighted by atomic mass is 9.92. The van der Waals surface area contributed by atoms with Gasteiger partial charge in [-0.15, -0.1) is 0 Å². The third-order valence-corrected chi connectivity index (χ3v) is 6.83. The Kier molecular flexibility index (Phi) is 6.37. The average molecular weight is 453 g/mol. The minimum Gasteiger partial charge on any atom is -0.381 e. The van der Waals surface area contributed by atoms with Gasteiger partial charge in [0.05, 0.1) is 11.4 Å². The second kappa shape index (κ2) is 9.57. The molecular formula is C25H29FN4O3. The number of imide groups is 1. The zero-order valence-electron chi connectivity index (χ0n) is 18.6. The van der Waals surface area contributed by atoms with Crippen LogP contribution in [0.1, 0.15) is 43.4 Å². The maximum absolute atomic E-state index is 14.3. The highest BCUT2D eigenvalue weighted by Crippen LogP contribution is 2.29. The predicted octanol–water partition coefficient (Wildman–Crippen LogP) is 3.47. The highest BCUT2D eigenvalue weighted by molar-refractivity contribution is 6.02. The first-order valence-electron chi connectivity index (χ1n) is 11.8. The van der Waals surface area contributed by atoms with Gasteiger partial charge in [0, 0.05) is 44.0 Å². The standard InChI is InChI=1S/C25H29FN4O3/c26-21-8-9-22(28-23(21)14-27-19-10-12-33-13-11-19)18-6-4-17(5-7-18)15-29-16-24(31)30(25(29)32)20-2-1-3-20/h4-9,19-20,27H,1-3,10-16H2. The lowest BCUT2D eigenvalue weighted by Crippen LogP contribution is -2.44. The van der Waals surface area contributed by atoms with Gasteiger partial charge in [-0.2, -0.15) is 0 Å². The van der Waals surface area contributed by atoms with Gasteiger partial charge in [0.25, 0.3) is 5.91 Å². The number of urea groups is 1. The molecule has 1 aromatic carbocycles. The van der Waals surface area contributed by atoms with Crippen molar-refractivity contribution in [2.75, 3.05) is 19.8 Å². The van der Waals surface area contributed by atoms with E-state index in [1.54, 1.807) is 11.0 Å². The Morgan fingerprint density at radius 2 is 1.79 bits per heavy atom. The molecule has 0 bridgehead atoms.